The van der Waals surface area contributed by atoms with Gasteiger partial charge in [0.05, 0.1) is 5.56 Å². The molecule has 1 aromatic rings. The molecule has 3 nitrogen and oxygen atoms in total. The molecule has 0 bridgehead atoms. The van der Waals surface area contributed by atoms with Crippen molar-refractivity contribution in [1.29, 1.82) is 0 Å². The number of carboxylic acid groups (broad SMARTS) is 1. The summed E-state index contributed by atoms with van der Waals surface area (Å²) < 4.78 is 0. The van der Waals surface area contributed by atoms with E-state index in [0.29, 0.717) is 5.56 Å². The molecule has 0 fully saturated rings. The van der Waals surface area contributed by atoms with Crippen molar-refractivity contribution in [2.75, 3.05) is 19.6 Å². The zero-order valence-electron chi connectivity index (χ0n) is 10.2. The van der Waals surface area contributed by atoms with Crippen LogP contribution in [0.5, 0.6) is 0 Å². The molecule has 1 aromatic carbocycles. The summed E-state index contributed by atoms with van der Waals surface area (Å²) in [5.74, 6) is -0.876. The predicted octanol–water partition coefficient (Wildman–Crippen LogP) is 2.44. The van der Waals surface area contributed by atoms with E-state index in [0.717, 1.165) is 31.6 Å². The maximum absolute atomic E-state index is 10.7. The lowest BCUT2D eigenvalue weighted by Gasteiger charge is -2.18. The van der Waals surface area contributed by atoms with Gasteiger partial charge in [0.25, 0.3) is 0 Å². The SMILES string of the molecule is C=CCN(CC)CCc1ccc(C(=O)O)cc1. The van der Waals surface area contributed by atoms with Gasteiger partial charge in [-0.15, -0.1) is 6.58 Å². The minimum absolute atomic E-state index is 0.340. The van der Waals surface area contributed by atoms with E-state index in [1.165, 1.54) is 0 Å². The van der Waals surface area contributed by atoms with E-state index < -0.39 is 5.97 Å². The Morgan fingerprint density at radius 2 is 2.06 bits per heavy atom. The van der Waals surface area contributed by atoms with E-state index >= 15 is 0 Å². The maximum Gasteiger partial charge on any atom is 0.335 e. The van der Waals surface area contributed by atoms with Crippen LogP contribution in [0.25, 0.3) is 0 Å². The first-order chi connectivity index (χ1) is 8.17. The first-order valence-electron chi connectivity index (χ1n) is 5.82. The van der Waals surface area contributed by atoms with E-state index in [-0.39, 0.29) is 0 Å². The van der Waals surface area contributed by atoms with E-state index in [4.69, 9.17) is 5.11 Å². The molecule has 0 spiro atoms. The second kappa shape index (κ2) is 6.86. The van der Waals surface area contributed by atoms with Crippen molar-refractivity contribution in [3.05, 3.63) is 48.0 Å². The van der Waals surface area contributed by atoms with E-state index in [1.807, 2.05) is 18.2 Å². The number of likely N-dealkylation sites (N-methyl/N-ethyl adjacent to an activating group) is 1. The van der Waals surface area contributed by atoms with Gasteiger partial charge < -0.3 is 5.11 Å². The van der Waals surface area contributed by atoms with Crippen LogP contribution in [0.3, 0.4) is 0 Å². The molecule has 0 atom stereocenters. The molecule has 0 radical (unpaired) electrons. The molecular weight excluding hydrogens is 214 g/mol. The van der Waals surface area contributed by atoms with Crippen LogP contribution < -0.4 is 0 Å². The molecule has 92 valence electrons. The highest BCUT2D eigenvalue weighted by Gasteiger charge is 2.03. The Bertz CT molecular complexity index is 370. The second-order valence-corrected chi connectivity index (χ2v) is 3.93. The summed E-state index contributed by atoms with van der Waals surface area (Å²) in [5, 5.41) is 8.78. The Morgan fingerprint density at radius 3 is 2.53 bits per heavy atom. The topological polar surface area (TPSA) is 40.5 Å². The van der Waals surface area contributed by atoms with Gasteiger partial charge in [0, 0.05) is 13.1 Å². The van der Waals surface area contributed by atoms with Crippen LogP contribution in [0.4, 0.5) is 0 Å². The van der Waals surface area contributed by atoms with Crippen molar-refractivity contribution in [2.45, 2.75) is 13.3 Å². The highest BCUT2D eigenvalue weighted by atomic mass is 16.4. The van der Waals surface area contributed by atoms with Crippen LogP contribution >= 0.6 is 0 Å². The van der Waals surface area contributed by atoms with Crippen LogP contribution in [0.1, 0.15) is 22.8 Å². The fraction of sp³-hybridized carbons (Fsp3) is 0.357. The Balaban J connectivity index is 2.51. The third-order valence-electron chi connectivity index (χ3n) is 2.75. The van der Waals surface area contributed by atoms with Crippen molar-refractivity contribution < 1.29 is 9.90 Å². The zero-order valence-corrected chi connectivity index (χ0v) is 10.2. The number of rotatable bonds is 7. The quantitative estimate of drug-likeness (QED) is 0.735. The zero-order chi connectivity index (χ0) is 12.7. The lowest BCUT2D eigenvalue weighted by atomic mass is 10.1. The summed E-state index contributed by atoms with van der Waals surface area (Å²) in [7, 11) is 0. The molecule has 1 rings (SSSR count). The van der Waals surface area contributed by atoms with Crippen molar-refractivity contribution in [3.8, 4) is 0 Å². The monoisotopic (exact) mass is 233 g/mol. The molecule has 1 N–H and O–H groups in total. The van der Waals surface area contributed by atoms with Crippen molar-refractivity contribution in [1.82, 2.24) is 4.90 Å². The molecule has 0 aromatic heterocycles. The normalized spacial score (nSPS) is 10.5. The molecule has 0 aliphatic rings. The molecule has 0 saturated heterocycles. The van der Waals surface area contributed by atoms with Gasteiger partial charge in [-0.25, -0.2) is 4.79 Å². The molecule has 0 aliphatic carbocycles. The highest BCUT2D eigenvalue weighted by Crippen LogP contribution is 2.06. The van der Waals surface area contributed by atoms with Crippen LogP contribution in [0.2, 0.25) is 0 Å². The highest BCUT2D eigenvalue weighted by molar-refractivity contribution is 5.87. The first kappa shape index (κ1) is 13.5. The van der Waals surface area contributed by atoms with Crippen LogP contribution in [0.15, 0.2) is 36.9 Å². The third kappa shape index (κ3) is 4.41. The fourth-order valence-electron chi connectivity index (χ4n) is 1.66. The van der Waals surface area contributed by atoms with Crippen LogP contribution in [-0.2, 0) is 6.42 Å². The molecule has 0 saturated carbocycles. The summed E-state index contributed by atoms with van der Waals surface area (Å²) in [5.41, 5.74) is 1.50. The summed E-state index contributed by atoms with van der Waals surface area (Å²) in [6.07, 6.45) is 2.83. The van der Waals surface area contributed by atoms with Crippen molar-refractivity contribution >= 4 is 5.97 Å². The largest absolute Gasteiger partial charge is 0.478 e. The lowest BCUT2D eigenvalue weighted by molar-refractivity contribution is 0.0697. The molecular formula is C14H19NO2. The minimum Gasteiger partial charge on any atom is -0.478 e. The number of hydrogen-bond donors (Lipinski definition) is 1. The minimum atomic E-state index is -0.876. The number of carboxylic acids is 1. The summed E-state index contributed by atoms with van der Waals surface area (Å²) in [6, 6.07) is 7.07. The van der Waals surface area contributed by atoms with Crippen molar-refractivity contribution in [3.63, 3.8) is 0 Å². The van der Waals surface area contributed by atoms with Crippen LogP contribution in [0, 0.1) is 0 Å². The van der Waals surface area contributed by atoms with Gasteiger partial charge in [-0.1, -0.05) is 25.1 Å². The van der Waals surface area contributed by atoms with E-state index in [2.05, 4.69) is 18.4 Å². The first-order valence-corrected chi connectivity index (χ1v) is 5.82. The van der Waals surface area contributed by atoms with Crippen molar-refractivity contribution in [2.24, 2.45) is 0 Å². The molecule has 0 unspecified atom stereocenters. The third-order valence-corrected chi connectivity index (χ3v) is 2.75. The summed E-state index contributed by atoms with van der Waals surface area (Å²) >= 11 is 0. The number of aromatic carboxylic acids is 1. The lowest BCUT2D eigenvalue weighted by Crippen LogP contribution is -2.25. The molecule has 0 amide bonds. The van der Waals surface area contributed by atoms with Gasteiger partial charge in [0.2, 0.25) is 0 Å². The summed E-state index contributed by atoms with van der Waals surface area (Å²) in [4.78, 5) is 13.0. The molecule has 17 heavy (non-hydrogen) atoms. The van der Waals surface area contributed by atoms with Gasteiger partial charge in [0.1, 0.15) is 0 Å². The Morgan fingerprint density at radius 1 is 1.41 bits per heavy atom. The average molecular weight is 233 g/mol. The molecule has 0 heterocycles. The molecule has 3 heteroatoms. The average Bonchev–Trinajstić information content (AvgIpc) is 2.35. The van der Waals surface area contributed by atoms with E-state index in [9.17, 15) is 4.79 Å². The van der Waals surface area contributed by atoms with Gasteiger partial charge in [-0.3, -0.25) is 4.90 Å². The fourth-order valence-corrected chi connectivity index (χ4v) is 1.66. The molecule has 0 aliphatic heterocycles. The van der Waals surface area contributed by atoms with Gasteiger partial charge in [0.15, 0.2) is 0 Å². The Hall–Kier alpha value is -1.61. The van der Waals surface area contributed by atoms with Gasteiger partial charge >= 0.3 is 5.97 Å². The number of benzene rings is 1. The number of carbonyl (C=O) groups is 1. The second-order valence-electron chi connectivity index (χ2n) is 3.93. The van der Waals surface area contributed by atoms with Gasteiger partial charge in [-0.2, -0.15) is 0 Å². The smallest absolute Gasteiger partial charge is 0.335 e. The number of hydrogen-bond acceptors (Lipinski definition) is 2. The number of nitrogens with zero attached hydrogens (tertiary/aromatic N) is 1. The van der Waals surface area contributed by atoms with E-state index in [1.54, 1.807) is 12.1 Å². The van der Waals surface area contributed by atoms with Gasteiger partial charge in [-0.05, 0) is 30.7 Å². The standard InChI is InChI=1S/C14H19NO2/c1-3-10-15(4-2)11-9-12-5-7-13(8-6-12)14(16)17/h3,5-8H,1,4,9-11H2,2H3,(H,16,17). The Labute approximate surface area is 102 Å². The maximum atomic E-state index is 10.7. The predicted molar refractivity (Wildman–Crippen MR) is 69.4 cm³/mol. The Kier molecular flexibility index (Phi) is 5.43. The summed E-state index contributed by atoms with van der Waals surface area (Å²) in [6.45, 7) is 8.71. The van der Waals surface area contributed by atoms with Crippen LogP contribution in [-0.4, -0.2) is 35.6 Å².